The van der Waals surface area contributed by atoms with Crippen molar-refractivity contribution >= 4 is 23.7 Å². The minimum atomic E-state index is -0.202. The second-order valence-corrected chi connectivity index (χ2v) is 8.61. The lowest BCUT2D eigenvalue weighted by Gasteiger charge is -2.25. The second-order valence-electron chi connectivity index (χ2n) is 8.61. The first-order valence-corrected chi connectivity index (χ1v) is 12.0. The Morgan fingerprint density at radius 3 is 3.06 bits per heavy atom. The van der Waals surface area contributed by atoms with Crippen LogP contribution in [-0.2, 0) is 16.0 Å². The summed E-state index contributed by atoms with van der Waals surface area (Å²) in [5, 5.41) is 13.6. The third-order valence-corrected chi connectivity index (χ3v) is 5.87. The van der Waals surface area contributed by atoms with Gasteiger partial charge in [0.25, 0.3) is 5.91 Å². The number of aromatic amines is 1. The van der Waals surface area contributed by atoms with E-state index in [2.05, 4.69) is 33.8 Å². The molecule has 1 unspecified atom stereocenters. The molecule has 0 bridgehead atoms. The van der Waals surface area contributed by atoms with Crippen molar-refractivity contribution in [3.63, 3.8) is 0 Å². The number of nitrogens with one attached hydrogen (secondary N) is 3. The molecule has 3 N–H and O–H groups in total. The van der Waals surface area contributed by atoms with Crippen LogP contribution in [0.3, 0.4) is 0 Å². The van der Waals surface area contributed by atoms with Crippen molar-refractivity contribution in [2.45, 2.75) is 20.3 Å². The largest absolute Gasteiger partial charge is 0.484 e. The lowest BCUT2D eigenvalue weighted by atomic mass is 9.92. The number of carbonyl (C=O) groups excluding carboxylic acids is 1. The van der Waals surface area contributed by atoms with Crippen LogP contribution in [-0.4, -0.2) is 61.2 Å². The molecule has 0 spiro atoms. The van der Waals surface area contributed by atoms with Crippen molar-refractivity contribution in [3.05, 3.63) is 76.8 Å². The van der Waals surface area contributed by atoms with Gasteiger partial charge < -0.3 is 20.1 Å². The number of allylic oxidation sites excluding steroid dienone is 4. The number of rotatable bonds is 9. The quantitative estimate of drug-likeness (QED) is 0.470. The van der Waals surface area contributed by atoms with E-state index in [9.17, 15) is 4.79 Å². The van der Waals surface area contributed by atoms with Crippen LogP contribution in [0.4, 0.5) is 0 Å². The van der Waals surface area contributed by atoms with Crippen molar-refractivity contribution in [1.82, 2.24) is 20.8 Å². The van der Waals surface area contributed by atoms with Gasteiger partial charge in [-0.05, 0) is 31.6 Å². The topological polar surface area (TPSA) is 113 Å². The zero-order chi connectivity index (χ0) is 25.3. The fourth-order valence-corrected chi connectivity index (χ4v) is 3.91. The van der Waals surface area contributed by atoms with Gasteiger partial charge in [0.05, 0.1) is 19.3 Å². The van der Waals surface area contributed by atoms with Crippen molar-refractivity contribution in [2.24, 2.45) is 15.9 Å². The average Bonchev–Trinajstić information content (AvgIpc) is 3.34. The van der Waals surface area contributed by atoms with E-state index in [4.69, 9.17) is 19.5 Å². The van der Waals surface area contributed by atoms with Gasteiger partial charge in [-0.1, -0.05) is 37.3 Å². The summed E-state index contributed by atoms with van der Waals surface area (Å²) in [6, 6.07) is 7.47. The van der Waals surface area contributed by atoms with E-state index in [0.717, 1.165) is 40.3 Å². The lowest BCUT2D eigenvalue weighted by Crippen LogP contribution is -2.33. The molecule has 0 saturated carbocycles. The molecule has 0 saturated heterocycles. The molecule has 4 rings (SSSR count). The van der Waals surface area contributed by atoms with Crippen LogP contribution in [0.25, 0.3) is 6.08 Å². The van der Waals surface area contributed by atoms with Crippen LogP contribution < -0.4 is 15.4 Å². The minimum Gasteiger partial charge on any atom is -0.484 e. The first-order chi connectivity index (χ1) is 17.6. The number of amides is 1. The molecule has 188 valence electrons. The molecule has 9 heteroatoms. The maximum atomic E-state index is 12.0. The van der Waals surface area contributed by atoms with Gasteiger partial charge in [0.2, 0.25) is 0 Å². The summed E-state index contributed by atoms with van der Waals surface area (Å²) in [6.07, 6.45) is 10.9. The van der Waals surface area contributed by atoms with Crippen LogP contribution in [0.1, 0.15) is 30.7 Å². The molecule has 1 aliphatic carbocycles. The molecular weight excluding hydrogens is 456 g/mol. The number of methoxy groups -OCH3 is 1. The molecule has 2 aliphatic rings. The number of benzene rings is 1. The van der Waals surface area contributed by atoms with Gasteiger partial charge in [0.15, 0.2) is 12.4 Å². The monoisotopic (exact) mass is 488 g/mol. The molecule has 9 nitrogen and oxygen atoms in total. The summed E-state index contributed by atoms with van der Waals surface area (Å²) >= 11 is 0. The molecule has 1 aromatic carbocycles. The molecule has 0 fully saturated rings. The van der Waals surface area contributed by atoms with Crippen molar-refractivity contribution < 1.29 is 14.3 Å². The number of ether oxygens (including phenoxy) is 2. The number of hydrogen-bond donors (Lipinski definition) is 3. The molecule has 2 aromatic rings. The molecule has 0 radical (unpaired) electrons. The van der Waals surface area contributed by atoms with Crippen molar-refractivity contribution in [2.75, 3.05) is 33.4 Å². The second kappa shape index (κ2) is 12.1. The zero-order valence-electron chi connectivity index (χ0n) is 20.9. The predicted molar refractivity (Wildman–Crippen MR) is 141 cm³/mol. The number of hydrogen-bond acceptors (Lipinski definition) is 7. The van der Waals surface area contributed by atoms with E-state index in [1.807, 2.05) is 55.6 Å². The fraction of sp³-hybridized carbons (Fsp3) is 0.333. The summed E-state index contributed by atoms with van der Waals surface area (Å²) in [5.41, 5.74) is 5.15. The molecule has 36 heavy (non-hydrogen) atoms. The summed E-state index contributed by atoms with van der Waals surface area (Å²) < 4.78 is 10.6. The Morgan fingerprint density at radius 2 is 2.22 bits per heavy atom. The van der Waals surface area contributed by atoms with Crippen molar-refractivity contribution in [3.8, 4) is 5.75 Å². The van der Waals surface area contributed by atoms with E-state index < -0.39 is 0 Å². The highest BCUT2D eigenvalue weighted by atomic mass is 16.5. The molecule has 1 atom stereocenters. The first-order valence-electron chi connectivity index (χ1n) is 12.0. The van der Waals surface area contributed by atoms with E-state index in [1.54, 1.807) is 7.11 Å². The Bertz CT molecular complexity index is 1240. The number of nitrogens with zero attached hydrogens (tertiary/aromatic N) is 3. The maximum Gasteiger partial charge on any atom is 0.258 e. The van der Waals surface area contributed by atoms with E-state index >= 15 is 0 Å². The van der Waals surface area contributed by atoms with Gasteiger partial charge in [-0.15, -0.1) is 0 Å². The molecule has 1 amide bonds. The lowest BCUT2D eigenvalue weighted by molar-refractivity contribution is -0.123. The maximum absolute atomic E-state index is 12.0. The van der Waals surface area contributed by atoms with Gasteiger partial charge in [-0.25, -0.2) is 4.99 Å². The van der Waals surface area contributed by atoms with Gasteiger partial charge in [0.1, 0.15) is 11.6 Å². The molecule has 2 heterocycles. The Labute approximate surface area is 211 Å². The van der Waals surface area contributed by atoms with Crippen LogP contribution >= 0.6 is 0 Å². The molecular formula is C27H32N6O3. The normalized spacial score (nSPS) is 18.4. The smallest absolute Gasteiger partial charge is 0.258 e. The molecule has 1 aliphatic heterocycles. The Kier molecular flexibility index (Phi) is 8.46. The summed E-state index contributed by atoms with van der Waals surface area (Å²) in [6.45, 7) is 5.49. The third kappa shape index (κ3) is 6.37. The Hall–Kier alpha value is -3.98. The Balaban J connectivity index is 1.52. The zero-order valence-corrected chi connectivity index (χ0v) is 20.9. The minimum absolute atomic E-state index is 0.0754. The summed E-state index contributed by atoms with van der Waals surface area (Å²) in [4.78, 5) is 21.5. The van der Waals surface area contributed by atoms with E-state index in [1.165, 1.54) is 0 Å². The van der Waals surface area contributed by atoms with Crippen LogP contribution in [0.5, 0.6) is 5.75 Å². The van der Waals surface area contributed by atoms with Gasteiger partial charge in [-0.2, -0.15) is 5.10 Å². The highest BCUT2D eigenvalue weighted by molar-refractivity contribution is 6.14. The van der Waals surface area contributed by atoms with Gasteiger partial charge in [0, 0.05) is 47.7 Å². The van der Waals surface area contributed by atoms with E-state index in [0.29, 0.717) is 31.3 Å². The summed E-state index contributed by atoms with van der Waals surface area (Å²) in [5.74, 6) is 2.04. The fourth-order valence-electron chi connectivity index (χ4n) is 3.91. The SMILES string of the molecule is CC=CC=C1CN=C(c2cccc(OCC(=O)NCCOC)c2)N=C1NC1=Cc2cn[nH]c2CC1C. The first kappa shape index (κ1) is 25.1. The predicted octanol–water partition coefficient (Wildman–Crippen LogP) is 3.04. The Morgan fingerprint density at radius 1 is 1.33 bits per heavy atom. The molecule has 1 aromatic heterocycles. The number of amidine groups is 2. The number of H-pyrrole nitrogens is 1. The standard InChI is InChI=1S/C27H32N6O3/c1-4-5-7-20-15-29-26(19-8-6-9-22(13-19)36-17-25(34)28-10-11-35-3)32-27(20)31-23-14-21-16-30-33-24(21)12-18(23)2/h4-9,13-14,16,18H,10-12,15,17H2,1-3H3,(H,28,34)(H,30,33)(H,29,31,32). The van der Waals surface area contributed by atoms with Crippen LogP contribution in [0, 0.1) is 5.92 Å². The highest BCUT2D eigenvalue weighted by Crippen LogP contribution is 2.26. The number of carbonyl (C=O) groups is 1. The number of fused-ring (bicyclic) bond motifs is 1. The number of aromatic nitrogens is 2. The average molecular weight is 489 g/mol. The van der Waals surface area contributed by atoms with E-state index in [-0.39, 0.29) is 18.4 Å². The highest BCUT2D eigenvalue weighted by Gasteiger charge is 2.23. The van der Waals surface area contributed by atoms with Gasteiger partial charge in [-0.3, -0.25) is 14.9 Å². The third-order valence-electron chi connectivity index (χ3n) is 5.87. The summed E-state index contributed by atoms with van der Waals surface area (Å²) in [7, 11) is 1.59. The van der Waals surface area contributed by atoms with Gasteiger partial charge >= 0.3 is 0 Å². The number of aliphatic imine (C=N–C) groups is 2. The van der Waals surface area contributed by atoms with Crippen molar-refractivity contribution in [1.29, 1.82) is 0 Å². The van der Waals surface area contributed by atoms with Crippen LogP contribution in [0.2, 0.25) is 0 Å². The van der Waals surface area contributed by atoms with Crippen LogP contribution in [0.15, 0.2) is 69.9 Å².